The highest BCUT2D eigenvalue weighted by Crippen LogP contribution is 2.23. The Kier molecular flexibility index (Phi) is 5.53. The zero-order chi connectivity index (χ0) is 19.6. The number of furan rings is 1. The van der Waals surface area contributed by atoms with E-state index < -0.39 is 10.0 Å². The summed E-state index contributed by atoms with van der Waals surface area (Å²) in [6.07, 6.45) is 1.59. The average molecular weight is 388 g/mol. The van der Waals surface area contributed by atoms with Crippen molar-refractivity contribution in [2.75, 3.05) is 26.2 Å². The normalized spacial score (nSPS) is 16.2. The number of amides is 1. The van der Waals surface area contributed by atoms with E-state index in [1.54, 1.807) is 17.9 Å². The van der Waals surface area contributed by atoms with Crippen molar-refractivity contribution >= 4 is 22.0 Å². The number of nitrogens with zero attached hydrogens (tertiary/aromatic N) is 2. The zero-order valence-corrected chi connectivity index (χ0v) is 16.6. The third-order valence-electron chi connectivity index (χ3n) is 4.89. The Morgan fingerprint density at radius 1 is 1.00 bits per heavy atom. The van der Waals surface area contributed by atoms with Crippen LogP contribution in [0.1, 0.15) is 33.0 Å². The number of rotatable bonds is 4. The Hall–Kier alpha value is -2.38. The Balaban J connectivity index is 1.66. The van der Waals surface area contributed by atoms with Crippen molar-refractivity contribution < 1.29 is 17.6 Å². The van der Waals surface area contributed by atoms with Crippen molar-refractivity contribution in [2.24, 2.45) is 0 Å². The highest BCUT2D eigenvalue weighted by Gasteiger charge is 2.30. The summed E-state index contributed by atoms with van der Waals surface area (Å²) in [6.45, 7) is 6.77. The van der Waals surface area contributed by atoms with E-state index in [-0.39, 0.29) is 19.0 Å². The van der Waals surface area contributed by atoms with E-state index in [2.05, 4.69) is 0 Å². The number of aryl methyl sites for hydroxylation is 2. The molecule has 1 aliphatic rings. The Bertz CT molecular complexity index is 953. The summed E-state index contributed by atoms with van der Waals surface area (Å²) in [5.41, 5.74) is 2.27. The predicted molar refractivity (Wildman–Crippen MR) is 105 cm³/mol. The van der Waals surface area contributed by atoms with Gasteiger partial charge in [-0.1, -0.05) is 30.3 Å². The van der Waals surface area contributed by atoms with Crippen LogP contribution in [0.15, 0.2) is 40.2 Å². The Morgan fingerprint density at radius 3 is 2.19 bits per heavy atom. The third kappa shape index (κ3) is 4.14. The molecule has 0 unspecified atom stereocenters. The van der Waals surface area contributed by atoms with E-state index in [1.165, 1.54) is 9.71 Å². The number of carbonyl (C=O) groups excluding carboxylic acids is 1. The molecule has 0 N–H and O–H groups in total. The van der Waals surface area contributed by atoms with Crippen LogP contribution in [0.4, 0.5) is 0 Å². The zero-order valence-electron chi connectivity index (χ0n) is 15.8. The van der Waals surface area contributed by atoms with Gasteiger partial charge in [0.25, 0.3) is 5.91 Å². The van der Waals surface area contributed by atoms with E-state index in [9.17, 15) is 13.2 Å². The van der Waals surface area contributed by atoms with Crippen LogP contribution in [0.3, 0.4) is 0 Å². The number of piperazine rings is 1. The minimum absolute atomic E-state index is 0.0984. The van der Waals surface area contributed by atoms with Gasteiger partial charge >= 0.3 is 0 Å². The number of carbonyl (C=O) groups is 1. The molecule has 0 atom stereocenters. The monoisotopic (exact) mass is 388 g/mol. The maximum Gasteiger partial charge on any atom is 0.257 e. The van der Waals surface area contributed by atoms with Gasteiger partial charge in [-0.05, 0) is 32.4 Å². The van der Waals surface area contributed by atoms with Gasteiger partial charge < -0.3 is 9.32 Å². The summed E-state index contributed by atoms with van der Waals surface area (Å²) in [4.78, 5) is 14.5. The summed E-state index contributed by atoms with van der Waals surface area (Å²) < 4.78 is 32.0. The highest BCUT2D eigenvalue weighted by atomic mass is 32.2. The second-order valence-electron chi connectivity index (χ2n) is 6.66. The molecule has 0 spiro atoms. The van der Waals surface area contributed by atoms with Gasteiger partial charge in [-0.2, -0.15) is 4.31 Å². The average Bonchev–Trinajstić information content (AvgIpc) is 2.92. The molecule has 2 heterocycles. The second kappa shape index (κ2) is 7.70. The quantitative estimate of drug-likeness (QED) is 0.807. The van der Waals surface area contributed by atoms with E-state index in [0.717, 1.165) is 16.9 Å². The van der Waals surface area contributed by atoms with Crippen molar-refractivity contribution in [1.82, 2.24) is 9.21 Å². The molecule has 27 heavy (non-hydrogen) atoms. The van der Waals surface area contributed by atoms with Gasteiger partial charge in [0.2, 0.25) is 10.0 Å². The van der Waals surface area contributed by atoms with Gasteiger partial charge in [0.15, 0.2) is 0 Å². The van der Waals surface area contributed by atoms with E-state index >= 15 is 0 Å². The summed E-state index contributed by atoms with van der Waals surface area (Å²) >= 11 is 0. The van der Waals surface area contributed by atoms with Crippen LogP contribution in [0.2, 0.25) is 0 Å². The topological polar surface area (TPSA) is 70.8 Å². The minimum atomic E-state index is -3.51. The van der Waals surface area contributed by atoms with Crippen LogP contribution in [0, 0.1) is 20.8 Å². The fourth-order valence-corrected chi connectivity index (χ4v) is 4.40. The van der Waals surface area contributed by atoms with Crippen LogP contribution >= 0.6 is 0 Å². The molecule has 0 radical (unpaired) electrons. The molecule has 1 fully saturated rings. The van der Waals surface area contributed by atoms with E-state index in [4.69, 9.17) is 4.42 Å². The molecular weight excluding hydrogens is 364 g/mol. The van der Waals surface area contributed by atoms with E-state index in [0.29, 0.717) is 24.4 Å². The molecule has 1 aromatic carbocycles. The van der Waals surface area contributed by atoms with Crippen molar-refractivity contribution in [3.8, 4) is 0 Å². The predicted octanol–water partition coefficient (Wildman–Crippen LogP) is 2.96. The first-order valence-electron chi connectivity index (χ1n) is 8.89. The van der Waals surface area contributed by atoms with Gasteiger partial charge in [-0.15, -0.1) is 0 Å². The molecule has 1 amide bonds. The molecule has 1 aromatic heterocycles. The molecule has 2 aromatic rings. The van der Waals surface area contributed by atoms with Crippen LogP contribution in [-0.2, 0) is 10.0 Å². The first-order chi connectivity index (χ1) is 12.8. The van der Waals surface area contributed by atoms with Crippen LogP contribution < -0.4 is 0 Å². The van der Waals surface area contributed by atoms with Crippen LogP contribution in [0.25, 0.3) is 6.08 Å². The maximum absolute atomic E-state index is 12.8. The molecule has 1 aliphatic heterocycles. The molecule has 7 heteroatoms. The fourth-order valence-electron chi connectivity index (χ4n) is 3.23. The number of hydrogen-bond acceptors (Lipinski definition) is 4. The molecular formula is C20H24N2O4S. The standard InChI is InChI=1S/C20H24N2O4S/c1-15-16(2)26-17(3)19(15)20(23)21-10-12-22(13-11-21)27(24,25)14-9-18-7-5-4-6-8-18/h4-9,14H,10-13H2,1-3H3/b14-9+. The lowest BCUT2D eigenvalue weighted by molar-refractivity contribution is 0.0696. The van der Waals surface area contributed by atoms with Gasteiger partial charge in [0.1, 0.15) is 11.5 Å². The Labute approximate surface area is 160 Å². The van der Waals surface area contributed by atoms with Gasteiger partial charge in [-0.3, -0.25) is 4.79 Å². The lowest BCUT2D eigenvalue weighted by atomic mass is 10.1. The first kappa shape index (κ1) is 19.4. The molecule has 3 rings (SSSR count). The summed E-state index contributed by atoms with van der Waals surface area (Å²) in [5, 5.41) is 1.23. The maximum atomic E-state index is 12.8. The summed E-state index contributed by atoms with van der Waals surface area (Å²) in [6, 6.07) is 9.30. The number of hydrogen-bond donors (Lipinski definition) is 0. The molecule has 1 saturated heterocycles. The summed E-state index contributed by atoms with van der Waals surface area (Å²) in [7, 11) is -3.51. The van der Waals surface area contributed by atoms with Gasteiger partial charge in [0, 0.05) is 37.2 Å². The van der Waals surface area contributed by atoms with Crippen molar-refractivity contribution in [2.45, 2.75) is 20.8 Å². The number of benzene rings is 1. The van der Waals surface area contributed by atoms with Crippen LogP contribution in [-0.4, -0.2) is 49.7 Å². The Morgan fingerprint density at radius 2 is 1.63 bits per heavy atom. The SMILES string of the molecule is Cc1oc(C)c(C(=O)N2CCN(S(=O)(=O)/C=C/c3ccccc3)CC2)c1C. The lowest BCUT2D eigenvalue weighted by Crippen LogP contribution is -2.50. The van der Waals surface area contributed by atoms with Crippen molar-refractivity contribution in [3.63, 3.8) is 0 Å². The minimum Gasteiger partial charge on any atom is -0.466 e. The molecule has 6 nitrogen and oxygen atoms in total. The van der Waals surface area contributed by atoms with Gasteiger partial charge in [0.05, 0.1) is 5.56 Å². The third-order valence-corrected chi connectivity index (χ3v) is 6.46. The second-order valence-corrected chi connectivity index (χ2v) is 8.48. The number of sulfonamides is 1. The first-order valence-corrected chi connectivity index (χ1v) is 10.4. The molecule has 0 bridgehead atoms. The smallest absolute Gasteiger partial charge is 0.257 e. The summed E-state index contributed by atoms with van der Waals surface area (Å²) in [5.74, 6) is 1.25. The highest BCUT2D eigenvalue weighted by molar-refractivity contribution is 7.92. The largest absolute Gasteiger partial charge is 0.466 e. The van der Waals surface area contributed by atoms with Crippen LogP contribution in [0.5, 0.6) is 0 Å². The van der Waals surface area contributed by atoms with Crippen molar-refractivity contribution in [3.05, 3.63) is 64.0 Å². The van der Waals surface area contributed by atoms with Gasteiger partial charge in [-0.25, -0.2) is 8.42 Å². The lowest BCUT2D eigenvalue weighted by Gasteiger charge is -2.33. The molecule has 0 aliphatic carbocycles. The fraction of sp³-hybridized carbons (Fsp3) is 0.350. The van der Waals surface area contributed by atoms with Crippen molar-refractivity contribution in [1.29, 1.82) is 0 Å². The molecule has 0 saturated carbocycles. The molecule has 144 valence electrons. The van der Waals surface area contributed by atoms with E-state index in [1.807, 2.05) is 44.2 Å².